The van der Waals surface area contributed by atoms with Gasteiger partial charge in [0.1, 0.15) is 5.82 Å². The SMILES string of the molecule is COc1cc2c(cc1OC)[C@@H]([C@H](C)NC(=O)c1ccccc1Cl)N(Cc1cccc(F)c1)CC2. The molecule has 0 saturated carbocycles. The Morgan fingerprint density at radius 3 is 2.56 bits per heavy atom. The van der Waals surface area contributed by atoms with Crippen LogP contribution >= 0.6 is 11.6 Å². The van der Waals surface area contributed by atoms with Crippen molar-refractivity contribution in [2.24, 2.45) is 0 Å². The molecule has 4 rings (SSSR count). The van der Waals surface area contributed by atoms with Crippen molar-refractivity contribution >= 4 is 17.5 Å². The fourth-order valence-corrected chi connectivity index (χ4v) is 4.89. The summed E-state index contributed by atoms with van der Waals surface area (Å²) in [6.07, 6.45) is 0.798. The molecule has 1 aliphatic rings. The van der Waals surface area contributed by atoms with Crippen LogP contribution in [0.4, 0.5) is 4.39 Å². The number of benzene rings is 3. The quantitative estimate of drug-likeness (QED) is 0.489. The maximum Gasteiger partial charge on any atom is 0.253 e. The van der Waals surface area contributed by atoms with E-state index in [1.165, 1.54) is 6.07 Å². The Balaban J connectivity index is 1.70. The summed E-state index contributed by atoms with van der Waals surface area (Å²) in [5, 5.41) is 3.53. The van der Waals surface area contributed by atoms with Crippen LogP contribution in [-0.2, 0) is 13.0 Å². The van der Waals surface area contributed by atoms with Crippen LogP contribution in [0, 0.1) is 5.82 Å². The minimum atomic E-state index is -0.269. The van der Waals surface area contributed by atoms with E-state index in [4.69, 9.17) is 21.1 Å². The van der Waals surface area contributed by atoms with Gasteiger partial charge >= 0.3 is 0 Å². The average molecular weight is 483 g/mol. The normalized spacial score (nSPS) is 16.4. The molecule has 3 aromatic carbocycles. The Labute approximate surface area is 204 Å². The number of carbonyl (C=O) groups is 1. The van der Waals surface area contributed by atoms with E-state index in [9.17, 15) is 9.18 Å². The fourth-order valence-electron chi connectivity index (χ4n) is 4.67. The Morgan fingerprint density at radius 2 is 1.85 bits per heavy atom. The third-order valence-corrected chi connectivity index (χ3v) is 6.58. The molecule has 0 spiro atoms. The molecule has 0 radical (unpaired) electrons. The highest BCUT2D eigenvalue weighted by molar-refractivity contribution is 6.33. The van der Waals surface area contributed by atoms with Crippen molar-refractivity contribution in [2.45, 2.75) is 32.0 Å². The Kier molecular flexibility index (Phi) is 7.39. The largest absolute Gasteiger partial charge is 0.493 e. The highest BCUT2D eigenvalue weighted by Crippen LogP contribution is 2.40. The lowest BCUT2D eigenvalue weighted by Gasteiger charge is -2.41. The molecule has 1 N–H and O–H groups in total. The van der Waals surface area contributed by atoms with Gasteiger partial charge in [-0.2, -0.15) is 0 Å². The zero-order valence-electron chi connectivity index (χ0n) is 19.5. The summed E-state index contributed by atoms with van der Waals surface area (Å²) in [5.41, 5.74) is 3.49. The summed E-state index contributed by atoms with van der Waals surface area (Å²) in [6, 6.07) is 17.2. The molecule has 7 heteroatoms. The Hall–Kier alpha value is -3.09. The molecular formula is C27H28ClFN2O3. The van der Waals surface area contributed by atoms with Crippen molar-refractivity contribution in [3.8, 4) is 11.5 Å². The van der Waals surface area contributed by atoms with E-state index in [-0.39, 0.29) is 23.8 Å². The van der Waals surface area contributed by atoms with Crippen molar-refractivity contribution in [3.63, 3.8) is 0 Å². The van der Waals surface area contributed by atoms with E-state index in [0.29, 0.717) is 28.6 Å². The summed E-state index contributed by atoms with van der Waals surface area (Å²) in [7, 11) is 3.22. The van der Waals surface area contributed by atoms with Crippen LogP contribution in [0.3, 0.4) is 0 Å². The van der Waals surface area contributed by atoms with E-state index in [1.807, 2.05) is 25.1 Å². The predicted octanol–water partition coefficient (Wildman–Crippen LogP) is 5.41. The zero-order valence-corrected chi connectivity index (χ0v) is 20.2. The second-order valence-electron chi connectivity index (χ2n) is 8.44. The van der Waals surface area contributed by atoms with Crippen LogP contribution in [0.25, 0.3) is 0 Å². The molecule has 34 heavy (non-hydrogen) atoms. The summed E-state index contributed by atoms with van der Waals surface area (Å²) in [5.74, 6) is 0.796. The van der Waals surface area contributed by atoms with Gasteiger partial charge in [0.25, 0.3) is 5.91 Å². The number of rotatable bonds is 7. The summed E-state index contributed by atoms with van der Waals surface area (Å²) in [4.78, 5) is 15.3. The van der Waals surface area contributed by atoms with Gasteiger partial charge in [0.05, 0.1) is 30.8 Å². The number of halogens is 2. The van der Waals surface area contributed by atoms with Crippen molar-refractivity contribution < 1.29 is 18.7 Å². The van der Waals surface area contributed by atoms with Crippen LogP contribution in [-0.4, -0.2) is 37.6 Å². The van der Waals surface area contributed by atoms with E-state index < -0.39 is 0 Å². The van der Waals surface area contributed by atoms with Gasteiger partial charge < -0.3 is 14.8 Å². The lowest BCUT2D eigenvalue weighted by Crippen LogP contribution is -2.47. The molecule has 5 nitrogen and oxygen atoms in total. The minimum absolute atomic E-state index is 0.168. The van der Waals surface area contributed by atoms with Gasteiger partial charge in [0.15, 0.2) is 11.5 Å². The minimum Gasteiger partial charge on any atom is -0.493 e. The molecule has 0 aliphatic carbocycles. The molecule has 0 saturated heterocycles. The molecule has 0 bridgehead atoms. The second-order valence-corrected chi connectivity index (χ2v) is 8.85. The van der Waals surface area contributed by atoms with Crippen molar-refractivity contribution in [3.05, 3.63) is 93.8 Å². The van der Waals surface area contributed by atoms with Crippen molar-refractivity contribution in [2.75, 3.05) is 20.8 Å². The molecule has 0 fully saturated rings. The molecular weight excluding hydrogens is 455 g/mol. The number of hydrogen-bond donors (Lipinski definition) is 1. The standard InChI is InChI=1S/C27H28ClFN2O3/c1-17(30-27(32)21-9-4-5-10-23(21)28)26-22-15-25(34-3)24(33-2)14-19(22)11-12-31(26)16-18-7-6-8-20(29)13-18/h4-10,13-15,17,26H,11-12,16H2,1-3H3,(H,30,32)/t17-,26+/m0/s1. The van der Waals surface area contributed by atoms with E-state index in [0.717, 1.165) is 29.7 Å². The summed E-state index contributed by atoms with van der Waals surface area (Å²) >= 11 is 6.26. The fraction of sp³-hybridized carbons (Fsp3) is 0.296. The first-order chi connectivity index (χ1) is 16.4. The monoisotopic (exact) mass is 482 g/mol. The average Bonchev–Trinajstić information content (AvgIpc) is 2.83. The van der Waals surface area contributed by atoms with Gasteiger partial charge in [0, 0.05) is 19.1 Å². The lowest BCUT2D eigenvalue weighted by atomic mass is 9.87. The maximum atomic E-state index is 13.9. The highest BCUT2D eigenvalue weighted by atomic mass is 35.5. The molecule has 1 aliphatic heterocycles. The van der Waals surface area contributed by atoms with Crippen LogP contribution in [0.2, 0.25) is 5.02 Å². The Bertz CT molecular complexity index is 1190. The highest BCUT2D eigenvalue weighted by Gasteiger charge is 2.34. The van der Waals surface area contributed by atoms with Crippen LogP contribution < -0.4 is 14.8 Å². The molecule has 0 aromatic heterocycles. The number of fused-ring (bicyclic) bond motifs is 1. The van der Waals surface area contributed by atoms with E-state index >= 15 is 0 Å². The van der Waals surface area contributed by atoms with Crippen LogP contribution in [0.1, 0.15) is 40.0 Å². The van der Waals surface area contributed by atoms with E-state index in [1.54, 1.807) is 50.6 Å². The molecule has 1 heterocycles. The number of methoxy groups -OCH3 is 2. The molecule has 2 atom stereocenters. The first kappa shape index (κ1) is 24.0. The number of hydrogen-bond acceptors (Lipinski definition) is 4. The van der Waals surface area contributed by atoms with Crippen molar-refractivity contribution in [1.82, 2.24) is 10.2 Å². The van der Waals surface area contributed by atoms with Crippen LogP contribution in [0.5, 0.6) is 11.5 Å². The third-order valence-electron chi connectivity index (χ3n) is 6.25. The maximum absolute atomic E-state index is 13.9. The van der Waals surface area contributed by atoms with Gasteiger partial charge in [-0.1, -0.05) is 35.9 Å². The number of nitrogens with zero attached hydrogens (tertiary/aromatic N) is 1. The van der Waals surface area contributed by atoms with Crippen LogP contribution in [0.15, 0.2) is 60.7 Å². The van der Waals surface area contributed by atoms with Gasteiger partial charge in [-0.15, -0.1) is 0 Å². The lowest BCUT2D eigenvalue weighted by molar-refractivity contribution is 0.0877. The predicted molar refractivity (Wildman–Crippen MR) is 131 cm³/mol. The van der Waals surface area contributed by atoms with Gasteiger partial charge in [-0.25, -0.2) is 4.39 Å². The van der Waals surface area contributed by atoms with Gasteiger partial charge in [-0.05, 0) is 66.4 Å². The number of amides is 1. The zero-order chi connectivity index (χ0) is 24.2. The first-order valence-corrected chi connectivity index (χ1v) is 11.6. The first-order valence-electron chi connectivity index (χ1n) is 11.2. The molecule has 1 amide bonds. The second kappa shape index (κ2) is 10.5. The summed E-state index contributed by atoms with van der Waals surface area (Å²) < 4.78 is 24.9. The molecule has 178 valence electrons. The number of ether oxygens (including phenoxy) is 2. The van der Waals surface area contributed by atoms with Crippen molar-refractivity contribution in [1.29, 1.82) is 0 Å². The van der Waals surface area contributed by atoms with Gasteiger partial charge in [-0.3, -0.25) is 9.69 Å². The Morgan fingerprint density at radius 1 is 1.12 bits per heavy atom. The van der Waals surface area contributed by atoms with Gasteiger partial charge in [0.2, 0.25) is 0 Å². The number of carbonyl (C=O) groups excluding carboxylic acids is 1. The summed E-state index contributed by atoms with van der Waals surface area (Å²) in [6.45, 7) is 3.27. The molecule has 0 unspecified atom stereocenters. The third kappa shape index (κ3) is 5.03. The smallest absolute Gasteiger partial charge is 0.253 e. The van der Waals surface area contributed by atoms with E-state index in [2.05, 4.69) is 10.2 Å². The topological polar surface area (TPSA) is 50.8 Å². The molecule has 3 aromatic rings. The number of nitrogens with one attached hydrogen (secondary N) is 1.